The van der Waals surface area contributed by atoms with Gasteiger partial charge in [0.25, 0.3) is 0 Å². The van der Waals surface area contributed by atoms with Crippen LogP contribution in [0.5, 0.6) is 0 Å². The summed E-state index contributed by atoms with van der Waals surface area (Å²) in [6.07, 6.45) is 0. The average molecular weight is 368 g/mol. The fourth-order valence-electron chi connectivity index (χ4n) is 3.50. The molecular weight excluding hydrogens is 352 g/mol. The molecule has 136 valence electrons. The molecule has 0 fully saturated rings. The lowest BCUT2D eigenvalue weighted by Crippen LogP contribution is -2.05. The number of aromatic carboxylic acids is 2. The lowest BCUT2D eigenvalue weighted by atomic mass is 9.86. The summed E-state index contributed by atoms with van der Waals surface area (Å²) in [4.78, 5) is 23.8. The van der Waals surface area contributed by atoms with E-state index in [1.807, 2.05) is 66.7 Å². The molecule has 4 rings (SSSR count). The van der Waals surface area contributed by atoms with Gasteiger partial charge in [-0.05, 0) is 45.7 Å². The van der Waals surface area contributed by atoms with E-state index in [-0.39, 0.29) is 11.1 Å². The second-order valence-electron chi connectivity index (χ2n) is 6.45. The van der Waals surface area contributed by atoms with Crippen molar-refractivity contribution >= 4 is 22.7 Å². The second kappa shape index (κ2) is 7.00. The predicted molar refractivity (Wildman–Crippen MR) is 109 cm³/mol. The number of carboxylic acid groups (broad SMARTS) is 2. The van der Waals surface area contributed by atoms with Crippen molar-refractivity contribution in [3.63, 3.8) is 0 Å². The number of carbonyl (C=O) groups is 2. The third kappa shape index (κ3) is 3.01. The van der Waals surface area contributed by atoms with Crippen LogP contribution in [-0.4, -0.2) is 22.2 Å². The molecule has 0 heterocycles. The Morgan fingerprint density at radius 1 is 0.643 bits per heavy atom. The van der Waals surface area contributed by atoms with Gasteiger partial charge in [0.15, 0.2) is 0 Å². The second-order valence-corrected chi connectivity index (χ2v) is 6.45. The standard InChI is InChI=1S/C24H16O4/c25-23(26)18-12-11-17-13-19(15-7-3-1-4-8-15)22(24(27)28)21(20(17)14-18)16-9-5-2-6-10-16/h1-14H,(H,25,26)(H,27,28). The number of benzene rings is 4. The Kier molecular flexibility index (Phi) is 4.38. The zero-order valence-corrected chi connectivity index (χ0v) is 14.8. The fourth-order valence-corrected chi connectivity index (χ4v) is 3.50. The highest BCUT2D eigenvalue weighted by Crippen LogP contribution is 2.39. The molecule has 0 saturated carbocycles. The molecule has 0 spiro atoms. The Bertz CT molecular complexity index is 1200. The van der Waals surface area contributed by atoms with E-state index < -0.39 is 11.9 Å². The van der Waals surface area contributed by atoms with Gasteiger partial charge in [-0.2, -0.15) is 0 Å². The van der Waals surface area contributed by atoms with Crippen molar-refractivity contribution in [2.45, 2.75) is 0 Å². The van der Waals surface area contributed by atoms with Gasteiger partial charge >= 0.3 is 11.9 Å². The van der Waals surface area contributed by atoms with E-state index in [0.29, 0.717) is 16.5 Å². The van der Waals surface area contributed by atoms with Gasteiger partial charge in [-0.1, -0.05) is 66.7 Å². The SMILES string of the molecule is O=C(O)c1ccc2cc(-c3ccccc3)c(C(=O)O)c(-c3ccccc3)c2c1. The summed E-state index contributed by atoms with van der Waals surface area (Å²) in [7, 11) is 0. The summed E-state index contributed by atoms with van der Waals surface area (Å²) in [5.41, 5.74) is 2.92. The van der Waals surface area contributed by atoms with Gasteiger partial charge in [0.2, 0.25) is 0 Å². The maximum atomic E-state index is 12.3. The highest BCUT2D eigenvalue weighted by atomic mass is 16.4. The first-order valence-electron chi connectivity index (χ1n) is 8.74. The van der Waals surface area contributed by atoms with Crippen molar-refractivity contribution < 1.29 is 19.8 Å². The molecule has 0 bridgehead atoms. The van der Waals surface area contributed by atoms with Crippen LogP contribution < -0.4 is 0 Å². The lowest BCUT2D eigenvalue weighted by molar-refractivity contribution is 0.0687. The van der Waals surface area contributed by atoms with E-state index >= 15 is 0 Å². The molecule has 0 aromatic heterocycles. The quantitative estimate of drug-likeness (QED) is 0.494. The van der Waals surface area contributed by atoms with Gasteiger partial charge in [0.05, 0.1) is 11.1 Å². The molecule has 0 saturated heterocycles. The maximum absolute atomic E-state index is 12.3. The maximum Gasteiger partial charge on any atom is 0.336 e. The Morgan fingerprint density at radius 2 is 1.25 bits per heavy atom. The minimum absolute atomic E-state index is 0.119. The topological polar surface area (TPSA) is 74.6 Å². The molecule has 4 aromatic carbocycles. The van der Waals surface area contributed by atoms with Crippen LogP contribution in [0.15, 0.2) is 84.9 Å². The Labute approximate surface area is 161 Å². The van der Waals surface area contributed by atoms with E-state index in [2.05, 4.69) is 0 Å². The van der Waals surface area contributed by atoms with Gasteiger partial charge in [-0.25, -0.2) is 9.59 Å². The smallest absolute Gasteiger partial charge is 0.336 e. The van der Waals surface area contributed by atoms with Gasteiger partial charge in [-0.3, -0.25) is 0 Å². The highest BCUT2D eigenvalue weighted by molar-refractivity contribution is 6.14. The van der Waals surface area contributed by atoms with Crippen LogP contribution in [0.25, 0.3) is 33.0 Å². The molecule has 0 amide bonds. The van der Waals surface area contributed by atoms with E-state index in [1.54, 1.807) is 12.1 Å². The predicted octanol–water partition coefficient (Wildman–Crippen LogP) is 5.57. The monoisotopic (exact) mass is 368 g/mol. The number of fused-ring (bicyclic) bond motifs is 1. The van der Waals surface area contributed by atoms with Crippen molar-refractivity contribution in [1.82, 2.24) is 0 Å². The molecular formula is C24H16O4. The Hall–Kier alpha value is -3.92. The van der Waals surface area contributed by atoms with E-state index in [4.69, 9.17) is 0 Å². The molecule has 28 heavy (non-hydrogen) atoms. The molecule has 0 unspecified atom stereocenters. The summed E-state index contributed by atoms with van der Waals surface area (Å²) >= 11 is 0. The summed E-state index contributed by atoms with van der Waals surface area (Å²) in [6, 6.07) is 25.2. The van der Waals surface area contributed by atoms with Gasteiger partial charge < -0.3 is 10.2 Å². The van der Waals surface area contributed by atoms with Crippen molar-refractivity contribution in [1.29, 1.82) is 0 Å². The molecule has 4 nitrogen and oxygen atoms in total. The third-order valence-corrected chi connectivity index (χ3v) is 4.75. The summed E-state index contributed by atoms with van der Waals surface area (Å²) in [5.74, 6) is -2.11. The molecule has 0 aliphatic heterocycles. The van der Waals surface area contributed by atoms with E-state index in [1.165, 1.54) is 6.07 Å². The first kappa shape index (κ1) is 17.5. The van der Waals surface area contributed by atoms with Crippen LogP contribution in [0.4, 0.5) is 0 Å². The van der Waals surface area contributed by atoms with Crippen LogP contribution in [0, 0.1) is 0 Å². The number of hydrogen-bond acceptors (Lipinski definition) is 2. The zero-order valence-electron chi connectivity index (χ0n) is 14.8. The lowest BCUT2D eigenvalue weighted by Gasteiger charge is -2.16. The Balaban J connectivity index is 2.18. The van der Waals surface area contributed by atoms with Crippen molar-refractivity contribution in [3.8, 4) is 22.3 Å². The van der Waals surface area contributed by atoms with Gasteiger partial charge in [0.1, 0.15) is 0 Å². The number of rotatable bonds is 4. The third-order valence-electron chi connectivity index (χ3n) is 4.75. The van der Waals surface area contributed by atoms with Gasteiger partial charge in [-0.15, -0.1) is 0 Å². The highest BCUT2D eigenvalue weighted by Gasteiger charge is 2.22. The summed E-state index contributed by atoms with van der Waals surface area (Å²) in [5, 5.41) is 20.9. The Morgan fingerprint density at radius 3 is 1.82 bits per heavy atom. The minimum atomic E-state index is -1.06. The molecule has 2 N–H and O–H groups in total. The number of carboxylic acids is 2. The normalized spacial score (nSPS) is 10.7. The van der Waals surface area contributed by atoms with Crippen LogP contribution in [0.1, 0.15) is 20.7 Å². The molecule has 0 radical (unpaired) electrons. The first-order chi connectivity index (χ1) is 13.6. The van der Waals surface area contributed by atoms with Crippen LogP contribution in [-0.2, 0) is 0 Å². The molecule has 4 aromatic rings. The van der Waals surface area contributed by atoms with Crippen molar-refractivity contribution in [3.05, 3.63) is 96.1 Å². The molecule has 0 aliphatic carbocycles. The van der Waals surface area contributed by atoms with Gasteiger partial charge in [0, 0.05) is 5.56 Å². The fraction of sp³-hybridized carbons (Fsp3) is 0. The molecule has 4 heteroatoms. The molecule has 0 atom stereocenters. The van der Waals surface area contributed by atoms with Crippen molar-refractivity contribution in [2.24, 2.45) is 0 Å². The number of hydrogen-bond donors (Lipinski definition) is 2. The summed E-state index contributed by atoms with van der Waals surface area (Å²) < 4.78 is 0. The molecule has 0 aliphatic rings. The van der Waals surface area contributed by atoms with Crippen LogP contribution in [0.2, 0.25) is 0 Å². The zero-order chi connectivity index (χ0) is 19.7. The van der Waals surface area contributed by atoms with Crippen LogP contribution in [0.3, 0.4) is 0 Å². The average Bonchev–Trinajstić information content (AvgIpc) is 2.73. The minimum Gasteiger partial charge on any atom is -0.478 e. The van der Waals surface area contributed by atoms with Crippen molar-refractivity contribution in [2.75, 3.05) is 0 Å². The first-order valence-corrected chi connectivity index (χ1v) is 8.74. The van der Waals surface area contributed by atoms with E-state index in [0.717, 1.165) is 16.5 Å². The largest absolute Gasteiger partial charge is 0.478 e. The summed E-state index contributed by atoms with van der Waals surface area (Å²) in [6.45, 7) is 0. The van der Waals surface area contributed by atoms with E-state index in [9.17, 15) is 19.8 Å². The van der Waals surface area contributed by atoms with Crippen LogP contribution >= 0.6 is 0 Å².